The third-order valence-electron chi connectivity index (χ3n) is 4.23. The monoisotopic (exact) mass is 308 g/mol. The lowest BCUT2D eigenvalue weighted by Gasteiger charge is -2.17. The Balaban J connectivity index is 1.71. The lowest BCUT2D eigenvalue weighted by molar-refractivity contribution is 0.182. The largest absolute Gasteiger partial charge is 0.473 e. The van der Waals surface area contributed by atoms with Crippen LogP contribution in [0.5, 0.6) is 5.88 Å². The van der Waals surface area contributed by atoms with Gasteiger partial charge in [0.2, 0.25) is 5.88 Å². The van der Waals surface area contributed by atoms with Crippen LogP contribution in [0.1, 0.15) is 19.3 Å². The van der Waals surface area contributed by atoms with Crippen LogP contribution in [-0.2, 0) is 0 Å². The number of rotatable bonds is 3. The van der Waals surface area contributed by atoms with Crippen LogP contribution in [0.4, 0.5) is 0 Å². The summed E-state index contributed by atoms with van der Waals surface area (Å²) in [6.07, 6.45) is 7.15. The molecule has 5 heteroatoms. The number of nitrogens with zero attached hydrogens (tertiary/aromatic N) is 3. The molecule has 2 aromatic heterocycles. The van der Waals surface area contributed by atoms with Crippen molar-refractivity contribution in [1.82, 2.24) is 19.9 Å². The standard InChI is InChI=1S/C18H20N4O/c1-2-5-14(6-3-1)16-13-22-17(9-12-20-22)18(21-16)23-15-7-4-10-19-11-8-15/h1-3,5-6,9,12-13,15,19H,4,7-8,10-11H2. The minimum atomic E-state index is 0.210. The van der Waals surface area contributed by atoms with Gasteiger partial charge in [0.15, 0.2) is 0 Å². The topological polar surface area (TPSA) is 51.5 Å². The summed E-state index contributed by atoms with van der Waals surface area (Å²) < 4.78 is 8.10. The Bertz CT molecular complexity index is 776. The van der Waals surface area contributed by atoms with Crippen molar-refractivity contribution in [1.29, 1.82) is 0 Å². The highest BCUT2D eigenvalue weighted by Gasteiger charge is 2.17. The Kier molecular flexibility index (Phi) is 3.94. The van der Waals surface area contributed by atoms with Crippen LogP contribution >= 0.6 is 0 Å². The number of fused-ring (bicyclic) bond motifs is 1. The highest BCUT2D eigenvalue weighted by atomic mass is 16.5. The van der Waals surface area contributed by atoms with Crippen molar-refractivity contribution in [2.75, 3.05) is 13.1 Å². The molecule has 1 aliphatic heterocycles. The Labute approximate surface area is 135 Å². The first-order valence-corrected chi connectivity index (χ1v) is 8.17. The van der Waals surface area contributed by atoms with Crippen molar-refractivity contribution < 1.29 is 4.74 Å². The zero-order valence-electron chi connectivity index (χ0n) is 13.0. The molecule has 1 aliphatic rings. The van der Waals surface area contributed by atoms with Crippen LogP contribution < -0.4 is 10.1 Å². The first kappa shape index (κ1) is 14.2. The highest BCUT2D eigenvalue weighted by Crippen LogP contribution is 2.25. The molecule has 1 unspecified atom stereocenters. The van der Waals surface area contributed by atoms with E-state index in [4.69, 9.17) is 9.72 Å². The Morgan fingerprint density at radius 2 is 2.00 bits per heavy atom. The van der Waals surface area contributed by atoms with Gasteiger partial charge in [-0.15, -0.1) is 0 Å². The summed E-state index contributed by atoms with van der Waals surface area (Å²) in [5.74, 6) is 0.677. The fourth-order valence-electron chi connectivity index (χ4n) is 3.00. The molecule has 0 amide bonds. The summed E-state index contributed by atoms with van der Waals surface area (Å²) in [6, 6.07) is 12.1. The summed E-state index contributed by atoms with van der Waals surface area (Å²) in [5.41, 5.74) is 2.86. The van der Waals surface area contributed by atoms with Gasteiger partial charge in [-0.2, -0.15) is 5.10 Å². The third-order valence-corrected chi connectivity index (χ3v) is 4.23. The summed E-state index contributed by atoms with van der Waals surface area (Å²) >= 11 is 0. The van der Waals surface area contributed by atoms with Gasteiger partial charge in [0.05, 0.1) is 18.1 Å². The molecule has 1 fully saturated rings. The van der Waals surface area contributed by atoms with E-state index < -0.39 is 0 Å². The lowest BCUT2D eigenvalue weighted by Crippen LogP contribution is -2.20. The number of hydrogen-bond acceptors (Lipinski definition) is 4. The predicted octanol–water partition coefficient (Wildman–Crippen LogP) is 2.92. The highest BCUT2D eigenvalue weighted by molar-refractivity contribution is 5.64. The van der Waals surface area contributed by atoms with E-state index in [1.807, 2.05) is 35.0 Å². The molecule has 1 atom stereocenters. The van der Waals surface area contributed by atoms with E-state index in [1.165, 1.54) is 0 Å². The van der Waals surface area contributed by atoms with Crippen LogP contribution in [0.25, 0.3) is 16.8 Å². The fraction of sp³-hybridized carbons (Fsp3) is 0.333. The van der Waals surface area contributed by atoms with Crippen molar-refractivity contribution in [3.05, 3.63) is 48.8 Å². The molecule has 1 N–H and O–H groups in total. The SMILES string of the molecule is c1ccc(-c2cn3nccc3c(OC3CCCNCC3)n2)cc1. The van der Waals surface area contributed by atoms with Crippen molar-refractivity contribution in [2.45, 2.75) is 25.4 Å². The van der Waals surface area contributed by atoms with Gasteiger partial charge in [0.1, 0.15) is 11.6 Å². The number of hydrogen-bond donors (Lipinski definition) is 1. The molecule has 3 aromatic rings. The zero-order valence-corrected chi connectivity index (χ0v) is 13.0. The van der Waals surface area contributed by atoms with Crippen LogP contribution in [0.15, 0.2) is 48.8 Å². The average molecular weight is 308 g/mol. The third kappa shape index (κ3) is 3.05. The molecule has 5 nitrogen and oxygen atoms in total. The van der Waals surface area contributed by atoms with E-state index in [-0.39, 0.29) is 6.10 Å². The minimum absolute atomic E-state index is 0.210. The summed E-state index contributed by atoms with van der Waals surface area (Å²) in [4.78, 5) is 4.76. The first-order chi connectivity index (χ1) is 11.4. The maximum atomic E-state index is 6.26. The van der Waals surface area contributed by atoms with Gasteiger partial charge >= 0.3 is 0 Å². The van der Waals surface area contributed by atoms with Gasteiger partial charge in [0, 0.05) is 5.56 Å². The molecule has 0 saturated carbocycles. The zero-order chi connectivity index (χ0) is 15.5. The van der Waals surface area contributed by atoms with Crippen LogP contribution in [0.3, 0.4) is 0 Å². The molecule has 1 aromatic carbocycles. The van der Waals surface area contributed by atoms with E-state index in [2.05, 4.69) is 22.5 Å². The summed E-state index contributed by atoms with van der Waals surface area (Å²) in [5, 5.41) is 7.78. The quantitative estimate of drug-likeness (QED) is 0.808. The number of aromatic nitrogens is 3. The average Bonchev–Trinajstić information content (AvgIpc) is 2.93. The number of benzene rings is 1. The van der Waals surface area contributed by atoms with Crippen molar-refractivity contribution in [3.8, 4) is 17.1 Å². The second kappa shape index (κ2) is 6.38. The molecule has 0 aliphatic carbocycles. The van der Waals surface area contributed by atoms with Crippen LogP contribution in [-0.4, -0.2) is 33.8 Å². The molecule has 4 rings (SSSR count). The molecule has 0 spiro atoms. The van der Waals surface area contributed by atoms with E-state index in [0.717, 1.165) is 49.1 Å². The summed E-state index contributed by atoms with van der Waals surface area (Å²) in [6.45, 7) is 2.07. The Morgan fingerprint density at radius 1 is 1.09 bits per heavy atom. The van der Waals surface area contributed by atoms with E-state index in [0.29, 0.717) is 5.88 Å². The van der Waals surface area contributed by atoms with Crippen molar-refractivity contribution in [2.24, 2.45) is 0 Å². The molecular weight excluding hydrogens is 288 g/mol. The van der Waals surface area contributed by atoms with Gasteiger partial charge < -0.3 is 10.1 Å². The van der Waals surface area contributed by atoms with Crippen LogP contribution in [0.2, 0.25) is 0 Å². The molecule has 3 heterocycles. The molecule has 0 bridgehead atoms. The molecule has 118 valence electrons. The van der Waals surface area contributed by atoms with Crippen molar-refractivity contribution in [3.63, 3.8) is 0 Å². The molecular formula is C18H20N4O. The van der Waals surface area contributed by atoms with Gasteiger partial charge in [-0.1, -0.05) is 30.3 Å². The normalized spacial score (nSPS) is 18.7. The second-order valence-corrected chi connectivity index (χ2v) is 5.88. The smallest absolute Gasteiger partial charge is 0.240 e. The maximum Gasteiger partial charge on any atom is 0.240 e. The van der Waals surface area contributed by atoms with Gasteiger partial charge in [-0.3, -0.25) is 0 Å². The predicted molar refractivity (Wildman–Crippen MR) is 89.6 cm³/mol. The van der Waals surface area contributed by atoms with E-state index in [1.54, 1.807) is 6.20 Å². The fourth-order valence-corrected chi connectivity index (χ4v) is 3.00. The lowest BCUT2D eigenvalue weighted by atomic mass is 10.1. The van der Waals surface area contributed by atoms with E-state index >= 15 is 0 Å². The molecule has 1 saturated heterocycles. The molecule has 23 heavy (non-hydrogen) atoms. The number of ether oxygens (including phenoxy) is 1. The van der Waals surface area contributed by atoms with Crippen molar-refractivity contribution >= 4 is 5.52 Å². The maximum absolute atomic E-state index is 6.26. The summed E-state index contributed by atoms with van der Waals surface area (Å²) in [7, 11) is 0. The van der Waals surface area contributed by atoms with Crippen LogP contribution in [0, 0.1) is 0 Å². The van der Waals surface area contributed by atoms with Gasteiger partial charge in [-0.25, -0.2) is 9.50 Å². The van der Waals surface area contributed by atoms with Gasteiger partial charge in [0.25, 0.3) is 0 Å². The second-order valence-electron chi connectivity index (χ2n) is 5.88. The number of nitrogens with one attached hydrogen (secondary N) is 1. The Hall–Kier alpha value is -2.40. The van der Waals surface area contributed by atoms with E-state index in [9.17, 15) is 0 Å². The molecule has 0 radical (unpaired) electrons. The Morgan fingerprint density at radius 3 is 2.91 bits per heavy atom. The van der Waals surface area contributed by atoms with Gasteiger partial charge in [-0.05, 0) is 38.4 Å². The minimum Gasteiger partial charge on any atom is -0.473 e. The first-order valence-electron chi connectivity index (χ1n) is 8.17.